The summed E-state index contributed by atoms with van der Waals surface area (Å²) < 4.78 is 37.8. The summed E-state index contributed by atoms with van der Waals surface area (Å²) in [5, 5.41) is 9.42. The highest BCUT2D eigenvalue weighted by atomic mass is 32.2. The maximum Gasteiger partial charge on any atom is 0.147 e. The molecule has 0 saturated heterocycles. The Morgan fingerprint density at radius 1 is 0.919 bits per heavy atom. The summed E-state index contributed by atoms with van der Waals surface area (Å²) >= 11 is 0. The second kappa shape index (κ2) is 8.94. The van der Waals surface area contributed by atoms with Gasteiger partial charge in [0.05, 0.1) is 28.9 Å². The van der Waals surface area contributed by atoms with Crippen molar-refractivity contribution in [1.82, 2.24) is 25.1 Å². The standard InChI is InChI=1S/C28H22FN5O2S/c1-37(35,36)9-7-17-10-19(12-20(29)11-17)21-5-2-6-24-22(21)13-26(32-24)28-23-14-25(18-4-3-8-30-15-18)31-16-27(23)33-34-28/h2-6,8,10-16,32H,7,9H2,1H3,(H,33,34). The van der Waals surface area contributed by atoms with Gasteiger partial charge in [0.15, 0.2) is 0 Å². The van der Waals surface area contributed by atoms with E-state index in [0.29, 0.717) is 11.1 Å². The van der Waals surface area contributed by atoms with Crippen LogP contribution in [0.1, 0.15) is 5.56 Å². The van der Waals surface area contributed by atoms with E-state index in [4.69, 9.17) is 0 Å². The van der Waals surface area contributed by atoms with Crippen molar-refractivity contribution in [2.75, 3.05) is 12.0 Å². The van der Waals surface area contributed by atoms with Gasteiger partial charge in [-0.15, -0.1) is 0 Å². The molecule has 4 aromatic heterocycles. The number of H-pyrrole nitrogens is 2. The number of aromatic amines is 2. The zero-order valence-corrected chi connectivity index (χ0v) is 20.7. The van der Waals surface area contributed by atoms with Crippen LogP contribution < -0.4 is 0 Å². The summed E-state index contributed by atoms with van der Waals surface area (Å²) in [5.41, 5.74) is 7.13. The van der Waals surface area contributed by atoms with Gasteiger partial charge < -0.3 is 4.98 Å². The third-order valence-electron chi connectivity index (χ3n) is 6.35. The van der Waals surface area contributed by atoms with Gasteiger partial charge in [-0.2, -0.15) is 5.10 Å². The second-order valence-corrected chi connectivity index (χ2v) is 11.4. The van der Waals surface area contributed by atoms with Crippen molar-refractivity contribution in [3.8, 4) is 33.8 Å². The summed E-state index contributed by atoms with van der Waals surface area (Å²) in [7, 11) is -3.15. The van der Waals surface area contributed by atoms with Crippen LogP contribution in [0, 0.1) is 5.82 Å². The molecular formula is C28H22FN5O2S. The Labute approximate surface area is 212 Å². The van der Waals surface area contributed by atoms with E-state index >= 15 is 0 Å². The predicted octanol–water partition coefficient (Wildman–Crippen LogP) is 5.56. The average molecular weight is 512 g/mol. The molecule has 0 radical (unpaired) electrons. The third kappa shape index (κ3) is 4.61. The molecule has 0 aliphatic heterocycles. The van der Waals surface area contributed by atoms with Crippen LogP contribution in [0.4, 0.5) is 4.39 Å². The summed E-state index contributed by atoms with van der Waals surface area (Å²) in [6.45, 7) is 0. The van der Waals surface area contributed by atoms with Crippen LogP contribution in [-0.4, -0.2) is 45.6 Å². The number of nitrogens with zero attached hydrogens (tertiary/aromatic N) is 3. The Hall–Kier alpha value is -4.37. The Morgan fingerprint density at radius 3 is 2.62 bits per heavy atom. The molecule has 0 aliphatic rings. The molecule has 6 aromatic rings. The highest BCUT2D eigenvalue weighted by Gasteiger charge is 2.16. The fraction of sp³-hybridized carbons (Fsp3) is 0.107. The van der Waals surface area contributed by atoms with Crippen LogP contribution in [0.2, 0.25) is 0 Å². The molecule has 184 valence electrons. The zero-order chi connectivity index (χ0) is 25.6. The van der Waals surface area contributed by atoms with E-state index in [1.54, 1.807) is 18.6 Å². The largest absolute Gasteiger partial charge is 0.353 e. The van der Waals surface area contributed by atoms with Gasteiger partial charge in [0.25, 0.3) is 0 Å². The first kappa shape index (κ1) is 23.1. The van der Waals surface area contributed by atoms with Crippen molar-refractivity contribution in [2.45, 2.75) is 6.42 Å². The summed E-state index contributed by atoms with van der Waals surface area (Å²) in [5.74, 6) is -0.432. The lowest BCUT2D eigenvalue weighted by molar-refractivity contribution is 0.600. The lowest BCUT2D eigenvalue weighted by Gasteiger charge is -2.08. The molecule has 0 amide bonds. The molecule has 37 heavy (non-hydrogen) atoms. The number of aromatic nitrogens is 5. The first-order valence-electron chi connectivity index (χ1n) is 11.7. The number of pyridine rings is 2. The molecule has 4 heterocycles. The lowest BCUT2D eigenvalue weighted by Crippen LogP contribution is -2.06. The average Bonchev–Trinajstić information content (AvgIpc) is 3.51. The smallest absolute Gasteiger partial charge is 0.147 e. The zero-order valence-electron chi connectivity index (χ0n) is 19.9. The number of hydrogen-bond acceptors (Lipinski definition) is 5. The highest BCUT2D eigenvalue weighted by Crippen LogP contribution is 2.35. The Morgan fingerprint density at radius 2 is 1.81 bits per heavy atom. The Bertz CT molecular complexity index is 1880. The summed E-state index contributed by atoms with van der Waals surface area (Å²) in [6.07, 6.45) is 6.69. The van der Waals surface area contributed by atoms with Gasteiger partial charge in [0, 0.05) is 40.5 Å². The molecule has 0 aliphatic carbocycles. The van der Waals surface area contributed by atoms with Crippen LogP contribution in [-0.2, 0) is 16.3 Å². The molecule has 0 saturated carbocycles. The van der Waals surface area contributed by atoms with Gasteiger partial charge in [-0.05, 0) is 65.6 Å². The maximum absolute atomic E-state index is 14.5. The van der Waals surface area contributed by atoms with E-state index < -0.39 is 15.7 Å². The minimum atomic E-state index is -3.15. The fourth-order valence-corrected chi connectivity index (χ4v) is 5.19. The van der Waals surface area contributed by atoms with Gasteiger partial charge in [0.1, 0.15) is 21.3 Å². The topological polar surface area (TPSA) is 104 Å². The minimum Gasteiger partial charge on any atom is -0.353 e. The normalized spacial score (nSPS) is 11.9. The van der Waals surface area contributed by atoms with E-state index in [2.05, 4.69) is 25.1 Å². The first-order valence-corrected chi connectivity index (χ1v) is 13.7. The van der Waals surface area contributed by atoms with Crippen LogP contribution in [0.3, 0.4) is 0 Å². The van der Waals surface area contributed by atoms with Gasteiger partial charge >= 0.3 is 0 Å². The first-order chi connectivity index (χ1) is 17.8. The fourth-order valence-electron chi connectivity index (χ4n) is 4.58. The Balaban J connectivity index is 1.44. The van der Waals surface area contributed by atoms with Crippen LogP contribution in [0.15, 0.2) is 79.3 Å². The molecule has 0 fully saturated rings. The van der Waals surface area contributed by atoms with Crippen molar-refractivity contribution < 1.29 is 12.8 Å². The molecule has 7 nitrogen and oxygen atoms in total. The highest BCUT2D eigenvalue weighted by molar-refractivity contribution is 7.90. The van der Waals surface area contributed by atoms with Crippen molar-refractivity contribution in [1.29, 1.82) is 0 Å². The number of benzene rings is 2. The number of fused-ring (bicyclic) bond motifs is 2. The van der Waals surface area contributed by atoms with E-state index in [1.807, 2.05) is 48.5 Å². The Kier molecular flexibility index (Phi) is 5.57. The van der Waals surface area contributed by atoms with Gasteiger partial charge in [-0.3, -0.25) is 15.1 Å². The second-order valence-electron chi connectivity index (χ2n) is 9.11. The van der Waals surface area contributed by atoms with Crippen molar-refractivity contribution in [3.05, 3.63) is 90.6 Å². The minimum absolute atomic E-state index is 0.0312. The van der Waals surface area contributed by atoms with Crippen molar-refractivity contribution in [2.24, 2.45) is 0 Å². The van der Waals surface area contributed by atoms with E-state index in [-0.39, 0.29) is 12.2 Å². The molecule has 9 heteroatoms. The third-order valence-corrected chi connectivity index (χ3v) is 7.30. The van der Waals surface area contributed by atoms with Crippen LogP contribution >= 0.6 is 0 Å². The summed E-state index contributed by atoms with van der Waals surface area (Å²) in [6, 6.07) is 18.3. The van der Waals surface area contributed by atoms with E-state index in [9.17, 15) is 12.8 Å². The van der Waals surface area contributed by atoms with Crippen LogP contribution in [0.5, 0.6) is 0 Å². The number of nitrogens with one attached hydrogen (secondary N) is 2. The van der Waals surface area contributed by atoms with Gasteiger partial charge in [0.2, 0.25) is 0 Å². The number of rotatable bonds is 6. The molecule has 0 atom stereocenters. The molecule has 6 rings (SSSR count). The quantitative estimate of drug-likeness (QED) is 0.305. The number of sulfone groups is 1. The van der Waals surface area contributed by atoms with Crippen LogP contribution in [0.25, 0.3) is 55.6 Å². The molecule has 2 aromatic carbocycles. The number of halogens is 1. The van der Waals surface area contributed by atoms with Crippen molar-refractivity contribution >= 4 is 31.6 Å². The van der Waals surface area contributed by atoms with Crippen molar-refractivity contribution in [3.63, 3.8) is 0 Å². The monoisotopic (exact) mass is 511 g/mol. The number of aryl methyl sites for hydroxylation is 1. The molecule has 0 unspecified atom stereocenters. The van der Waals surface area contributed by atoms with E-state index in [0.717, 1.165) is 50.0 Å². The molecule has 0 spiro atoms. The predicted molar refractivity (Wildman–Crippen MR) is 143 cm³/mol. The lowest BCUT2D eigenvalue weighted by atomic mass is 9.98. The SMILES string of the molecule is CS(=O)(=O)CCc1cc(F)cc(-c2cccc3[nH]c(-c4n[nH]c5cnc(-c6cccnc6)cc45)cc23)c1. The van der Waals surface area contributed by atoms with Gasteiger partial charge in [-0.1, -0.05) is 18.2 Å². The molecular weight excluding hydrogens is 489 g/mol. The number of hydrogen-bond donors (Lipinski definition) is 2. The summed E-state index contributed by atoms with van der Waals surface area (Å²) in [4.78, 5) is 12.2. The molecule has 2 N–H and O–H groups in total. The van der Waals surface area contributed by atoms with Gasteiger partial charge in [-0.25, -0.2) is 12.8 Å². The maximum atomic E-state index is 14.5. The van der Waals surface area contributed by atoms with E-state index in [1.165, 1.54) is 18.4 Å². The molecule has 0 bridgehead atoms.